The first-order chi connectivity index (χ1) is 8.72. The van der Waals surface area contributed by atoms with Gasteiger partial charge in [0, 0.05) is 21.7 Å². The molecule has 0 amide bonds. The van der Waals surface area contributed by atoms with Gasteiger partial charge in [0.15, 0.2) is 4.34 Å². The molecule has 0 aliphatic heterocycles. The highest BCUT2D eigenvalue weighted by molar-refractivity contribution is 8.01. The number of fused-ring (bicyclic) bond motifs is 1. The van der Waals surface area contributed by atoms with Crippen molar-refractivity contribution in [1.82, 2.24) is 14.3 Å². The Hall–Kier alpha value is -1.66. The minimum atomic E-state index is 0.743. The van der Waals surface area contributed by atoms with E-state index < -0.39 is 0 Å². The van der Waals surface area contributed by atoms with Crippen molar-refractivity contribution >= 4 is 39.9 Å². The molecule has 3 aromatic rings. The second-order valence-electron chi connectivity index (χ2n) is 3.85. The molecule has 0 unspecified atom stereocenters. The number of nitrogens with two attached hydrogens (primary N) is 1. The number of hydrogen-bond acceptors (Lipinski definition) is 6. The first-order valence-corrected chi connectivity index (χ1v) is 6.93. The van der Waals surface area contributed by atoms with Crippen LogP contribution >= 0.6 is 23.3 Å². The Balaban J connectivity index is 2.17. The van der Waals surface area contributed by atoms with Gasteiger partial charge in [-0.25, -0.2) is 4.98 Å². The van der Waals surface area contributed by atoms with Gasteiger partial charge < -0.3 is 5.73 Å². The summed E-state index contributed by atoms with van der Waals surface area (Å²) >= 11 is 2.98. The Morgan fingerprint density at radius 2 is 2.17 bits per heavy atom. The van der Waals surface area contributed by atoms with Gasteiger partial charge in [-0.05, 0) is 42.7 Å². The summed E-state index contributed by atoms with van der Waals surface area (Å²) in [5.41, 5.74) is 8.52. The Labute approximate surface area is 112 Å². The molecule has 0 aliphatic carbocycles. The molecule has 2 N–H and O–H groups in total. The molecule has 3 rings (SSSR count). The second-order valence-corrected chi connectivity index (χ2v) is 5.92. The lowest BCUT2D eigenvalue weighted by Crippen LogP contribution is -1.90. The zero-order valence-corrected chi connectivity index (χ0v) is 11.3. The van der Waals surface area contributed by atoms with E-state index in [4.69, 9.17) is 5.73 Å². The molecule has 0 saturated carbocycles. The molecule has 0 fully saturated rings. The van der Waals surface area contributed by atoms with E-state index in [-0.39, 0.29) is 0 Å². The van der Waals surface area contributed by atoms with E-state index >= 15 is 0 Å². The van der Waals surface area contributed by atoms with Gasteiger partial charge in [-0.3, -0.25) is 4.98 Å². The molecule has 0 spiro atoms. The summed E-state index contributed by atoms with van der Waals surface area (Å²) in [6.45, 7) is 1.99. The number of nitrogen functional groups attached to an aromatic ring is 1. The van der Waals surface area contributed by atoms with Crippen LogP contribution in [0.15, 0.2) is 39.8 Å². The second kappa shape index (κ2) is 4.55. The fraction of sp³-hybridized carbons (Fsp3) is 0.0833. The van der Waals surface area contributed by atoms with Crippen LogP contribution < -0.4 is 5.73 Å². The molecule has 0 atom stereocenters. The largest absolute Gasteiger partial charge is 0.399 e. The topological polar surface area (TPSA) is 64.7 Å². The van der Waals surface area contributed by atoms with E-state index in [1.165, 1.54) is 11.5 Å². The first kappa shape index (κ1) is 11.4. The van der Waals surface area contributed by atoms with Crippen LogP contribution in [0.25, 0.3) is 10.9 Å². The third-order valence-electron chi connectivity index (χ3n) is 2.46. The van der Waals surface area contributed by atoms with Crippen LogP contribution in [0.4, 0.5) is 5.69 Å². The van der Waals surface area contributed by atoms with Gasteiger partial charge in [-0.15, -0.1) is 0 Å². The minimum Gasteiger partial charge on any atom is -0.399 e. The maximum Gasteiger partial charge on any atom is 0.174 e. The molecule has 0 bridgehead atoms. The smallest absolute Gasteiger partial charge is 0.174 e. The predicted octanol–water partition coefficient (Wildman–Crippen LogP) is 3.13. The fourth-order valence-electron chi connectivity index (χ4n) is 1.72. The summed E-state index contributed by atoms with van der Waals surface area (Å²) in [6.07, 6.45) is 1.57. The number of aryl methyl sites for hydroxylation is 1. The van der Waals surface area contributed by atoms with Crippen LogP contribution in [0, 0.1) is 6.92 Å². The summed E-state index contributed by atoms with van der Waals surface area (Å²) in [4.78, 5) is 9.81. The zero-order valence-electron chi connectivity index (χ0n) is 9.62. The Morgan fingerprint density at radius 1 is 1.28 bits per heavy atom. The molecule has 4 nitrogen and oxygen atoms in total. The van der Waals surface area contributed by atoms with Crippen LogP contribution in [0.5, 0.6) is 0 Å². The van der Waals surface area contributed by atoms with Crippen molar-refractivity contribution in [3.8, 4) is 0 Å². The quantitative estimate of drug-likeness (QED) is 0.727. The standard InChI is InChI=1S/C12H10N4S2/c1-7-4-11(17-12-14-6-15-18-12)9-5-8(13)2-3-10(9)16-7/h2-6H,13H2,1H3. The lowest BCUT2D eigenvalue weighted by molar-refractivity contribution is 1.20. The number of nitrogens with zero attached hydrogens (tertiary/aromatic N) is 3. The third-order valence-corrected chi connectivity index (χ3v) is 4.23. The van der Waals surface area contributed by atoms with Crippen LogP contribution in [0.1, 0.15) is 5.69 Å². The highest BCUT2D eigenvalue weighted by Crippen LogP contribution is 2.34. The zero-order chi connectivity index (χ0) is 12.5. The van der Waals surface area contributed by atoms with E-state index in [2.05, 4.69) is 14.3 Å². The number of hydrogen-bond donors (Lipinski definition) is 1. The summed E-state index contributed by atoms with van der Waals surface area (Å²) in [5.74, 6) is 0. The average molecular weight is 274 g/mol. The van der Waals surface area contributed by atoms with Crippen LogP contribution in [0.2, 0.25) is 0 Å². The lowest BCUT2D eigenvalue weighted by Gasteiger charge is -2.06. The summed E-state index contributed by atoms with van der Waals surface area (Å²) < 4.78 is 4.93. The molecule has 18 heavy (non-hydrogen) atoms. The molecule has 0 radical (unpaired) electrons. The van der Waals surface area contributed by atoms with Gasteiger partial charge in [0.1, 0.15) is 6.33 Å². The van der Waals surface area contributed by atoms with Gasteiger partial charge in [-0.2, -0.15) is 4.37 Å². The molecule has 6 heteroatoms. The van der Waals surface area contributed by atoms with E-state index in [0.717, 1.165) is 31.5 Å². The summed E-state index contributed by atoms with van der Waals surface area (Å²) in [6, 6.07) is 7.81. The van der Waals surface area contributed by atoms with Crippen molar-refractivity contribution in [1.29, 1.82) is 0 Å². The maximum atomic E-state index is 5.84. The maximum absolute atomic E-state index is 5.84. The molecule has 0 aliphatic rings. The Kier molecular flexibility index (Phi) is 2.89. The molecular formula is C12H10N4S2. The average Bonchev–Trinajstić information content (AvgIpc) is 2.83. The molecule has 2 heterocycles. The van der Waals surface area contributed by atoms with Gasteiger partial charge in [0.25, 0.3) is 0 Å². The Morgan fingerprint density at radius 3 is 2.94 bits per heavy atom. The SMILES string of the molecule is Cc1cc(Sc2ncns2)c2cc(N)ccc2n1. The normalized spacial score (nSPS) is 10.9. The third kappa shape index (κ3) is 2.16. The Bertz CT molecular complexity index is 695. The highest BCUT2D eigenvalue weighted by Gasteiger charge is 2.08. The first-order valence-electron chi connectivity index (χ1n) is 5.34. The van der Waals surface area contributed by atoms with E-state index in [1.54, 1.807) is 18.1 Å². The van der Waals surface area contributed by atoms with Crippen LogP contribution in [0.3, 0.4) is 0 Å². The van der Waals surface area contributed by atoms with Gasteiger partial charge in [0.05, 0.1) is 5.52 Å². The van der Waals surface area contributed by atoms with Crippen molar-refractivity contribution in [2.24, 2.45) is 0 Å². The van der Waals surface area contributed by atoms with E-state index in [9.17, 15) is 0 Å². The lowest BCUT2D eigenvalue weighted by atomic mass is 10.2. The molecular weight excluding hydrogens is 264 g/mol. The van der Waals surface area contributed by atoms with Crippen LogP contribution in [-0.4, -0.2) is 14.3 Å². The number of aromatic nitrogens is 3. The highest BCUT2D eigenvalue weighted by atomic mass is 32.2. The van der Waals surface area contributed by atoms with Gasteiger partial charge in [0.2, 0.25) is 0 Å². The number of rotatable bonds is 2. The monoisotopic (exact) mass is 274 g/mol. The van der Waals surface area contributed by atoms with Crippen molar-refractivity contribution < 1.29 is 0 Å². The van der Waals surface area contributed by atoms with E-state index in [1.807, 2.05) is 31.2 Å². The summed E-state index contributed by atoms with van der Waals surface area (Å²) in [5, 5.41) is 1.06. The van der Waals surface area contributed by atoms with Crippen LogP contribution in [-0.2, 0) is 0 Å². The van der Waals surface area contributed by atoms with E-state index in [0.29, 0.717) is 0 Å². The van der Waals surface area contributed by atoms with Crippen molar-refractivity contribution in [3.05, 3.63) is 36.3 Å². The number of anilines is 1. The number of benzene rings is 1. The minimum absolute atomic E-state index is 0.743. The van der Waals surface area contributed by atoms with Crippen molar-refractivity contribution in [2.75, 3.05) is 5.73 Å². The molecule has 1 aromatic carbocycles. The van der Waals surface area contributed by atoms with Gasteiger partial charge >= 0.3 is 0 Å². The fourth-order valence-corrected chi connectivity index (χ4v) is 3.34. The predicted molar refractivity (Wildman–Crippen MR) is 74.9 cm³/mol. The molecule has 2 aromatic heterocycles. The van der Waals surface area contributed by atoms with Crippen molar-refractivity contribution in [3.63, 3.8) is 0 Å². The number of pyridine rings is 1. The van der Waals surface area contributed by atoms with Crippen molar-refractivity contribution in [2.45, 2.75) is 16.2 Å². The molecule has 90 valence electrons. The molecule has 0 saturated heterocycles. The van der Waals surface area contributed by atoms with Gasteiger partial charge in [-0.1, -0.05) is 11.8 Å². The summed E-state index contributed by atoms with van der Waals surface area (Å²) in [7, 11) is 0.